The number of hydrogen-bond acceptors (Lipinski definition) is 3. The van der Waals surface area contributed by atoms with E-state index in [0.717, 1.165) is 12.5 Å². The first kappa shape index (κ1) is 11.9. The number of rotatable bonds is 5. The molecule has 1 saturated heterocycles. The van der Waals surface area contributed by atoms with Crippen LogP contribution in [0.2, 0.25) is 0 Å². The first-order valence-corrected chi connectivity index (χ1v) is 7.32. The third kappa shape index (κ3) is 2.98. The van der Waals surface area contributed by atoms with Crippen molar-refractivity contribution in [1.29, 1.82) is 0 Å². The highest BCUT2D eigenvalue weighted by atomic mass is 32.1. The normalized spacial score (nSPS) is 29.2. The SMILES string of the molecule is NC(=S)CC1(CN2CCN(C3CC3)CC2)CC1. The second-order valence-electron chi connectivity index (χ2n) is 6.19. The monoisotopic (exact) mass is 253 g/mol. The molecule has 2 aliphatic carbocycles. The van der Waals surface area contributed by atoms with Crippen molar-refractivity contribution in [3.05, 3.63) is 0 Å². The van der Waals surface area contributed by atoms with Crippen LogP contribution >= 0.6 is 12.2 Å². The maximum absolute atomic E-state index is 5.70. The minimum Gasteiger partial charge on any atom is -0.393 e. The van der Waals surface area contributed by atoms with Crippen molar-refractivity contribution < 1.29 is 0 Å². The van der Waals surface area contributed by atoms with Crippen molar-refractivity contribution in [3.8, 4) is 0 Å². The average molecular weight is 253 g/mol. The summed E-state index contributed by atoms with van der Waals surface area (Å²) in [6.07, 6.45) is 6.49. The highest BCUT2D eigenvalue weighted by Gasteiger charge is 2.44. The van der Waals surface area contributed by atoms with Crippen LogP contribution in [0, 0.1) is 5.41 Å². The molecule has 0 amide bonds. The van der Waals surface area contributed by atoms with E-state index in [2.05, 4.69) is 9.80 Å². The van der Waals surface area contributed by atoms with Crippen LogP contribution in [-0.4, -0.2) is 53.6 Å². The molecule has 0 atom stereocenters. The Morgan fingerprint density at radius 1 is 1.18 bits per heavy atom. The van der Waals surface area contributed by atoms with Gasteiger partial charge >= 0.3 is 0 Å². The fraction of sp³-hybridized carbons (Fsp3) is 0.923. The summed E-state index contributed by atoms with van der Waals surface area (Å²) in [5.41, 5.74) is 6.16. The van der Waals surface area contributed by atoms with Crippen LogP contribution in [0.4, 0.5) is 0 Å². The number of nitrogens with zero attached hydrogens (tertiary/aromatic N) is 2. The number of hydrogen-bond donors (Lipinski definition) is 1. The van der Waals surface area contributed by atoms with Gasteiger partial charge in [-0.05, 0) is 31.1 Å². The summed E-state index contributed by atoms with van der Waals surface area (Å²) in [6, 6.07) is 0.934. The first-order valence-electron chi connectivity index (χ1n) is 6.92. The number of piperazine rings is 1. The molecule has 3 fully saturated rings. The molecule has 3 rings (SSSR count). The molecule has 17 heavy (non-hydrogen) atoms. The second-order valence-corrected chi connectivity index (χ2v) is 6.71. The molecule has 3 aliphatic rings. The highest BCUT2D eigenvalue weighted by molar-refractivity contribution is 7.80. The fourth-order valence-corrected chi connectivity index (χ4v) is 3.44. The van der Waals surface area contributed by atoms with Gasteiger partial charge in [0.25, 0.3) is 0 Å². The van der Waals surface area contributed by atoms with Gasteiger partial charge in [-0.2, -0.15) is 0 Å². The Hall–Kier alpha value is -0.190. The van der Waals surface area contributed by atoms with Crippen LogP contribution in [0.15, 0.2) is 0 Å². The van der Waals surface area contributed by atoms with E-state index in [1.165, 1.54) is 58.4 Å². The quantitative estimate of drug-likeness (QED) is 0.747. The molecule has 1 heterocycles. The summed E-state index contributed by atoms with van der Waals surface area (Å²) in [5, 5.41) is 0. The lowest BCUT2D eigenvalue weighted by Gasteiger charge is -2.36. The van der Waals surface area contributed by atoms with E-state index in [-0.39, 0.29) is 0 Å². The van der Waals surface area contributed by atoms with Gasteiger partial charge in [0.2, 0.25) is 0 Å². The topological polar surface area (TPSA) is 32.5 Å². The molecule has 0 unspecified atom stereocenters. The molecule has 0 radical (unpaired) electrons. The van der Waals surface area contributed by atoms with E-state index < -0.39 is 0 Å². The maximum atomic E-state index is 5.70. The van der Waals surface area contributed by atoms with Crippen molar-refractivity contribution >= 4 is 17.2 Å². The minimum atomic E-state index is 0.466. The van der Waals surface area contributed by atoms with E-state index in [0.29, 0.717) is 10.4 Å². The molecule has 4 heteroatoms. The molecule has 0 aromatic carbocycles. The molecule has 0 aromatic rings. The van der Waals surface area contributed by atoms with Crippen molar-refractivity contribution in [1.82, 2.24) is 9.80 Å². The summed E-state index contributed by atoms with van der Waals surface area (Å²) < 4.78 is 0. The van der Waals surface area contributed by atoms with E-state index in [1.54, 1.807) is 0 Å². The van der Waals surface area contributed by atoms with Crippen LogP contribution in [-0.2, 0) is 0 Å². The number of nitrogens with two attached hydrogens (primary N) is 1. The Bertz CT molecular complexity index is 302. The van der Waals surface area contributed by atoms with Gasteiger partial charge in [-0.3, -0.25) is 4.90 Å². The lowest BCUT2D eigenvalue weighted by molar-refractivity contribution is 0.109. The highest BCUT2D eigenvalue weighted by Crippen LogP contribution is 2.49. The Morgan fingerprint density at radius 2 is 1.82 bits per heavy atom. The minimum absolute atomic E-state index is 0.466. The van der Waals surface area contributed by atoms with Gasteiger partial charge in [-0.25, -0.2) is 0 Å². The molecular weight excluding hydrogens is 230 g/mol. The van der Waals surface area contributed by atoms with Crippen LogP contribution < -0.4 is 5.73 Å². The molecule has 96 valence electrons. The summed E-state index contributed by atoms with van der Waals surface area (Å²) in [6.45, 7) is 6.26. The number of thiocarbonyl (C=S) groups is 1. The van der Waals surface area contributed by atoms with Crippen LogP contribution in [0.5, 0.6) is 0 Å². The maximum Gasteiger partial charge on any atom is 0.0733 e. The van der Waals surface area contributed by atoms with Crippen LogP contribution in [0.25, 0.3) is 0 Å². The molecule has 2 saturated carbocycles. The second kappa shape index (κ2) is 4.48. The Morgan fingerprint density at radius 3 is 2.29 bits per heavy atom. The van der Waals surface area contributed by atoms with Gasteiger partial charge < -0.3 is 10.6 Å². The zero-order chi connectivity index (χ0) is 11.9. The fourth-order valence-electron chi connectivity index (χ4n) is 3.14. The van der Waals surface area contributed by atoms with Crippen molar-refractivity contribution in [2.24, 2.45) is 11.1 Å². The summed E-state index contributed by atoms with van der Waals surface area (Å²) in [5.74, 6) is 0. The Kier molecular flexibility index (Phi) is 3.13. The Balaban J connectivity index is 1.45. The predicted molar refractivity (Wildman–Crippen MR) is 74.1 cm³/mol. The predicted octanol–water partition coefficient (Wildman–Crippen LogP) is 1.22. The molecule has 0 spiro atoms. The van der Waals surface area contributed by atoms with Gasteiger partial charge in [0.15, 0.2) is 0 Å². The first-order chi connectivity index (χ1) is 8.17. The van der Waals surface area contributed by atoms with E-state index in [4.69, 9.17) is 18.0 Å². The standard InChI is InChI=1S/C13H23N3S/c14-12(17)9-13(3-4-13)10-15-5-7-16(8-6-15)11-1-2-11/h11H,1-10H2,(H2,14,17). The lowest BCUT2D eigenvalue weighted by Crippen LogP contribution is -2.48. The molecule has 2 N–H and O–H groups in total. The lowest BCUT2D eigenvalue weighted by atomic mass is 10.0. The van der Waals surface area contributed by atoms with Gasteiger partial charge in [-0.1, -0.05) is 12.2 Å². The third-order valence-corrected chi connectivity index (χ3v) is 4.68. The van der Waals surface area contributed by atoms with E-state index in [1.807, 2.05) is 0 Å². The zero-order valence-corrected chi connectivity index (χ0v) is 11.3. The molecule has 0 bridgehead atoms. The zero-order valence-electron chi connectivity index (χ0n) is 10.5. The van der Waals surface area contributed by atoms with Crippen molar-refractivity contribution in [2.45, 2.75) is 38.1 Å². The van der Waals surface area contributed by atoms with Crippen LogP contribution in [0.3, 0.4) is 0 Å². The average Bonchev–Trinajstić information content (AvgIpc) is 3.14. The van der Waals surface area contributed by atoms with Crippen LogP contribution in [0.1, 0.15) is 32.1 Å². The van der Waals surface area contributed by atoms with E-state index in [9.17, 15) is 0 Å². The van der Waals surface area contributed by atoms with Gasteiger partial charge in [0.1, 0.15) is 0 Å². The smallest absolute Gasteiger partial charge is 0.0733 e. The Labute approximate surface area is 109 Å². The third-order valence-electron chi connectivity index (χ3n) is 4.54. The van der Waals surface area contributed by atoms with Gasteiger partial charge in [-0.15, -0.1) is 0 Å². The summed E-state index contributed by atoms with van der Waals surface area (Å²) in [7, 11) is 0. The summed E-state index contributed by atoms with van der Waals surface area (Å²) >= 11 is 5.06. The van der Waals surface area contributed by atoms with E-state index >= 15 is 0 Å². The van der Waals surface area contributed by atoms with Gasteiger partial charge in [0, 0.05) is 45.2 Å². The molecule has 1 aliphatic heterocycles. The molecule has 0 aromatic heterocycles. The largest absolute Gasteiger partial charge is 0.393 e. The molecular formula is C13H23N3S. The van der Waals surface area contributed by atoms with Crippen molar-refractivity contribution in [3.63, 3.8) is 0 Å². The van der Waals surface area contributed by atoms with Crippen molar-refractivity contribution in [2.75, 3.05) is 32.7 Å². The summed E-state index contributed by atoms with van der Waals surface area (Å²) in [4.78, 5) is 6.01. The van der Waals surface area contributed by atoms with Gasteiger partial charge in [0.05, 0.1) is 4.99 Å². The molecule has 3 nitrogen and oxygen atoms in total.